The summed E-state index contributed by atoms with van der Waals surface area (Å²) in [6.07, 6.45) is 1.85. The lowest BCUT2D eigenvalue weighted by Crippen LogP contribution is -2.29. The molecule has 1 atom stereocenters. The Bertz CT molecular complexity index is 537. The zero-order valence-electron chi connectivity index (χ0n) is 10.4. The Morgan fingerprint density at radius 2 is 2.00 bits per heavy atom. The van der Waals surface area contributed by atoms with E-state index in [4.69, 9.17) is 5.84 Å². The molecule has 0 radical (unpaired) electrons. The van der Waals surface area contributed by atoms with E-state index in [1.165, 1.54) is 5.56 Å². The Morgan fingerprint density at radius 3 is 2.56 bits per heavy atom. The van der Waals surface area contributed by atoms with Gasteiger partial charge in [-0.3, -0.25) is 10.8 Å². The van der Waals surface area contributed by atoms with Crippen LogP contribution >= 0.6 is 15.9 Å². The summed E-state index contributed by atoms with van der Waals surface area (Å²) in [5.74, 6) is 5.68. The third-order valence-electron chi connectivity index (χ3n) is 2.90. The van der Waals surface area contributed by atoms with Crippen molar-refractivity contribution in [1.29, 1.82) is 0 Å². The highest BCUT2D eigenvalue weighted by atomic mass is 79.9. The van der Waals surface area contributed by atoms with E-state index in [-0.39, 0.29) is 6.04 Å². The summed E-state index contributed by atoms with van der Waals surface area (Å²) in [6.45, 7) is 4.03. The predicted molar refractivity (Wildman–Crippen MR) is 77.0 cm³/mol. The molecule has 0 saturated carbocycles. The lowest BCUT2D eigenvalue weighted by Gasteiger charge is -2.18. The highest BCUT2D eigenvalue weighted by Crippen LogP contribution is 2.28. The Morgan fingerprint density at radius 1 is 1.22 bits per heavy atom. The fourth-order valence-corrected chi connectivity index (χ4v) is 2.60. The van der Waals surface area contributed by atoms with Gasteiger partial charge in [0.15, 0.2) is 0 Å². The number of aryl methyl sites for hydroxylation is 2. The summed E-state index contributed by atoms with van der Waals surface area (Å²) in [4.78, 5) is 4.31. The number of nitrogens with one attached hydrogen (secondary N) is 1. The van der Waals surface area contributed by atoms with Gasteiger partial charge in [-0.1, -0.05) is 34.1 Å². The summed E-state index contributed by atoms with van der Waals surface area (Å²) in [7, 11) is 0. The van der Waals surface area contributed by atoms with Crippen LogP contribution in [0.25, 0.3) is 0 Å². The fraction of sp³-hybridized carbons (Fsp3) is 0.214. The molecule has 0 aliphatic carbocycles. The number of benzene rings is 1. The molecule has 3 N–H and O–H groups in total. The molecule has 1 heterocycles. The van der Waals surface area contributed by atoms with Crippen LogP contribution in [-0.2, 0) is 0 Å². The van der Waals surface area contributed by atoms with Gasteiger partial charge in [0.1, 0.15) is 0 Å². The molecule has 94 valence electrons. The quantitative estimate of drug-likeness (QED) is 0.677. The molecule has 2 rings (SSSR count). The molecule has 4 heteroatoms. The van der Waals surface area contributed by atoms with Crippen molar-refractivity contribution >= 4 is 15.9 Å². The van der Waals surface area contributed by atoms with Gasteiger partial charge in [-0.25, -0.2) is 5.43 Å². The van der Waals surface area contributed by atoms with Crippen molar-refractivity contribution < 1.29 is 0 Å². The number of nitrogens with two attached hydrogens (primary N) is 1. The first kappa shape index (κ1) is 13.2. The Hall–Kier alpha value is -1.23. The molecule has 1 aromatic heterocycles. The highest BCUT2D eigenvalue weighted by Gasteiger charge is 2.15. The molecule has 0 fully saturated rings. The largest absolute Gasteiger partial charge is 0.271 e. The van der Waals surface area contributed by atoms with Gasteiger partial charge in [-0.15, -0.1) is 0 Å². The molecule has 0 bridgehead atoms. The minimum Gasteiger partial charge on any atom is -0.271 e. The number of halogens is 1. The average molecular weight is 306 g/mol. The van der Waals surface area contributed by atoms with E-state index in [0.29, 0.717) is 0 Å². The van der Waals surface area contributed by atoms with Crippen LogP contribution in [0.5, 0.6) is 0 Å². The zero-order chi connectivity index (χ0) is 13.1. The number of hydrogen-bond donors (Lipinski definition) is 2. The summed E-state index contributed by atoms with van der Waals surface area (Å²) >= 11 is 3.58. The third-order valence-corrected chi connectivity index (χ3v) is 3.59. The van der Waals surface area contributed by atoms with E-state index in [2.05, 4.69) is 51.5 Å². The standard InChI is InChI=1S/C14H16BrN3/c1-9-3-6-12(13(15)7-9)14(18-16)11-5-4-10(2)17-8-11/h3-8,14,18H,16H2,1-2H3. The van der Waals surface area contributed by atoms with Crippen molar-refractivity contribution in [2.24, 2.45) is 5.84 Å². The molecule has 1 aromatic carbocycles. The van der Waals surface area contributed by atoms with Crippen LogP contribution in [0.2, 0.25) is 0 Å². The average Bonchev–Trinajstić information content (AvgIpc) is 2.35. The summed E-state index contributed by atoms with van der Waals surface area (Å²) in [5.41, 5.74) is 7.21. The number of pyridine rings is 1. The van der Waals surface area contributed by atoms with E-state index in [0.717, 1.165) is 21.3 Å². The van der Waals surface area contributed by atoms with E-state index < -0.39 is 0 Å². The summed E-state index contributed by atoms with van der Waals surface area (Å²) in [5, 5.41) is 0. The maximum Gasteiger partial charge on any atom is 0.0735 e. The SMILES string of the molecule is Cc1ccc(C(NN)c2ccc(C)nc2)c(Br)c1. The van der Waals surface area contributed by atoms with E-state index in [9.17, 15) is 0 Å². The van der Waals surface area contributed by atoms with Gasteiger partial charge in [0.25, 0.3) is 0 Å². The van der Waals surface area contributed by atoms with Crippen LogP contribution in [-0.4, -0.2) is 4.98 Å². The topological polar surface area (TPSA) is 50.9 Å². The van der Waals surface area contributed by atoms with Crippen LogP contribution in [0.15, 0.2) is 41.0 Å². The summed E-state index contributed by atoms with van der Waals surface area (Å²) < 4.78 is 1.05. The first-order chi connectivity index (χ1) is 8.61. The lowest BCUT2D eigenvalue weighted by atomic mass is 9.99. The van der Waals surface area contributed by atoms with Gasteiger partial charge in [0.05, 0.1) is 6.04 Å². The van der Waals surface area contributed by atoms with Gasteiger partial charge in [0, 0.05) is 16.4 Å². The smallest absolute Gasteiger partial charge is 0.0735 e. The second-order valence-corrected chi connectivity index (χ2v) is 5.21. The van der Waals surface area contributed by atoms with Gasteiger partial charge in [-0.2, -0.15) is 0 Å². The summed E-state index contributed by atoms with van der Waals surface area (Å²) in [6, 6.07) is 10.2. The minimum atomic E-state index is -0.0620. The van der Waals surface area contributed by atoms with Crippen molar-refractivity contribution in [3.05, 3.63) is 63.4 Å². The van der Waals surface area contributed by atoms with Gasteiger partial charge >= 0.3 is 0 Å². The number of aromatic nitrogens is 1. The van der Waals surface area contributed by atoms with Crippen LogP contribution in [0.4, 0.5) is 0 Å². The molecule has 0 aliphatic heterocycles. The Balaban J connectivity index is 2.41. The predicted octanol–water partition coefficient (Wildman–Crippen LogP) is 3.01. The number of hydrogen-bond acceptors (Lipinski definition) is 3. The van der Waals surface area contributed by atoms with Crippen molar-refractivity contribution in [2.45, 2.75) is 19.9 Å². The van der Waals surface area contributed by atoms with Crippen molar-refractivity contribution in [1.82, 2.24) is 10.4 Å². The van der Waals surface area contributed by atoms with Gasteiger partial charge < -0.3 is 0 Å². The normalized spacial score (nSPS) is 12.4. The Labute approximate surface area is 116 Å². The van der Waals surface area contributed by atoms with Crippen molar-refractivity contribution in [3.8, 4) is 0 Å². The molecule has 0 amide bonds. The molecule has 2 aromatic rings. The van der Waals surface area contributed by atoms with Gasteiger partial charge in [0.2, 0.25) is 0 Å². The van der Waals surface area contributed by atoms with E-state index in [1.807, 2.05) is 25.3 Å². The maximum atomic E-state index is 5.68. The van der Waals surface area contributed by atoms with Crippen LogP contribution in [0.3, 0.4) is 0 Å². The second-order valence-electron chi connectivity index (χ2n) is 4.36. The molecule has 1 unspecified atom stereocenters. The van der Waals surface area contributed by atoms with Crippen molar-refractivity contribution in [2.75, 3.05) is 0 Å². The molecule has 18 heavy (non-hydrogen) atoms. The molecular weight excluding hydrogens is 290 g/mol. The fourth-order valence-electron chi connectivity index (χ4n) is 1.88. The maximum absolute atomic E-state index is 5.68. The number of rotatable bonds is 3. The van der Waals surface area contributed by atoms with E-state index >= 15 is 0 Å². The third kappa shape index (κ3) is 2.77. The first-order valence-corrected chi connectivity index (χ1v) is 6.56. The van der Waals surface area contributed by atoms with Crippen LogP contribution in [0, 0.1) is 13.8 Å². The van der Waals surface area contributed by atoms with Gasteiger partial charge in [-0.05, 0) is 42.7 Å². The molecule has 0 aliphatic rings. The Kier molecular flexibility index (Phi) is 4.11. The highest BCUT2D eigenvalue weighted by molar-refractivity contribution is 9.10. The number of hydrazine groups is 1. The molecule has 0 spiro atoms. The van der Waals surface area contributed by atoms with Crippen LogP contribution in [0.1, 0.15) is 28.4 Å². The second kappa shape index (κ2) is 5.61. The van der Waals surface area contributed by atoms with E-state index in [1.54, 1.807) is 0 Å². The zero-order valence-corrected chi connectivity index (χ0v) is 12.0. The first-order valence-electron chi connectivity index (χ1n) is 5.76. The minimum absolute atomic E-state index is 0.0620. The molecule has 3 nitrogen and oxygen atoms in total. The molecule has 0 saturated heterocycles. The number of nitrogens with zero attached hydrogens (tertiary/aromatic N) is 1. The molecular formula is C14H16BrN3. The van der Waals surface area contributed by atoms with Crippen molar-refractivity contribution in [3.63, 3.8) is 0 Å². The monoisotopic (exact) mass is 305 g/mol. The lowest BCUT2D eigenvalue weighted by molar-refractivity contribution is 0.632. The van der Waals surface area contributed by atoms with Crippen LogP contribution < -0.4 is 11.3 Å².